The molecule has 0 aliphatic carbocycles. The predicted octanol–water partition coefficient (Wildman–Crippen LogP) is 2.73. The van der Waals surface area contributed by atoms with Crippen LogP contribution in [-0.2, 0) is 0 Å². The molecule has 90 valence electrons. The molecule has 3 nitrogen and oxygen atoms in total. The Bertz CT molecular complexity index is 446. The van der Waals surface area contributed by atoms with Gasteiger partial charge in [-0.05, 0) is 37.5 Å². The van der Waals surface area contributed by atoms with Gasteiger partial charge in [0, 0.05) is 11.6 Å². The van der Waals surface area contributed by atoms with Gasteiger partial charge in [0.15, 0.2) is 0 Å². The topological polar surface area (TPSA) is 52.9 Å². The molecule has 1 rings (SSSR count). The summed E-state index contributed by atoms with van der Waals surface area (Å²) in [5.74, 6) is -0.0895. The van der Waals surface area contributed by atoms with Crippen LogP contribution in [0.4, 0.5) is 0 Å². The average Bonchev–Trinajstić information content (AvgIpc) is 2.31. The first-order valence-corrected chi connectivity index (χ1v) is 5.84. The first-order valence-electron chi connectivity index (χ1n) is 5.84. The summed E-state index contributed by atoms with van der Waals surface area (Å²) < 4.78 is 0. The lowest BCUT2D eigenvalue weighted by atomic mass is 10.0. The van der Waals surface area contributed by atoms with Gasteiger partial charge in [-0.2, -0.15) is 5.26 Å². The number of amides is 1. The first kappa shape index (κ1) is 13.2. The molecule has 0 saturated carbocycles. The van der Waals surface area contributed by atoms with Gasteiger partial charge in [0.1, 0.15) is 0 Å². The monoisotopic (exact) mass is 230 g/mol. The van der Waals surface area contributed by atoms with E-state index >= 15 is 0 Å². The molecule has 1 aromatic rings. The number of rotatable bonds is 4. The van der Waals surface area contributed by atoms with E-state index < -0.39 is 0 Å². The Hall–Kier alpha value is -1.82. The molecule has 1 unspecified atom stereocenters. The lowest BCUT2D eigenvalue weighted by molar-refractivity contribution is 0.0936. The fourth-order valence-corrected chi connectivity index (χ4v) is 1.67. The maximum Gasteiger partial charge on any atom is 0.251 e. The maximum absolute atomic E-state index is 12.0. The van der Waals surface area contributed by atoms with Gasteiger partial charge in [-0.25, -0.2) is 0 Å². The molecule has 0 aliphatic rings. The summed E-state index contributed by atoms with van der Waals surface area (Å²) in [5, 5.41) is 11.5. The van der Waals surface area contributed by atoms with Crippen molar-refractivity contribution in [2.75, 3.05) is 0 Å². The first-order chi connectivity index (χ1) is 8.10. The Morgan fingerprint density at radius 2 is 2.18 bits per heavy atom. The molecule has 0 radical (unpaired) electrons. The third kappa shape index (κ3) is 3.32. The van der Waals surface area contributed by atoms with E-state index in [2.05, 4.69) is 11.4 Å². The zero-order chi connectivity index (χ0) is 12.8. The number of nitriles is 1. The summed E-state index contributed by atoms with van der Waals surface area (Å²) in [4.78, 5) is 12.0. The average molecular weight is 230 g/mol. The van der Waals surface area contributed by atoms with Gasteiger partial charge in [0.25, 0.3) is 5.91 Å². The lowest BCUT2D eigenvalue weighted by Gasteiger charge is -2.15. The Morgan fingerprint density at radius 3 is 2.76 bits per heavy atom. The van der Waals surface area contributed by atoms with E-state index in [0.29, 0.717) is 12.0 Å². The van der Waals surface area contributed by atoms with Crippen LogP contribution >= 0.6 is 0 Å². The van der Waals surface area contributed by atoms with E-state index in [9.17, 15) is 4.79 Å². The van der Waals surface area contributed by atoms with Crippen LogP contribution in [-0.4, -0.2) is 11.9 Å². The van der Waals surface area contributed by atoms with Gasteiger partial charge < -0.3 is 5.32 Å². The lowest BCUT2D eigenvalue weighted by Crippen LogP contribution is -2.34. The number of aryl methyl sites for hydroxylation is 1. The van der Waals surface area contributed by atoms with E-state index in [1.807, 2.05) is 39.0 Å². The van der Waals surface area contributed by atoms with Gasteiger partial charge in [0.2, 0.25) is 0 Å². The minimum Gasteiger partial charge on any atom is -0.348 e. The largest absolute Gasteiger partial charge is 0.348 e. The fourth-order valence-electron chi connectivity index (χ4n) is 1.67. The van der Waals surface area contributed by atoms with Crippen LogP contribution in [0.5, 0.6) is 0 Å². The van der Waals surface area contributed by atoms with E-state index in [1.165, 1.54) is 0 Å². The highest BCUT2D eigenvalue weighted by Crippen LogP contribution is 2.13. The standard InChI is InChI=1S/C14H18N2O/c1-4-12(8-9-15)16-14(17)13-7-5-6-10(2)11(13)3/h5-7,12H,4,8H2,1-3H3,(H,16,17). The quantitative estimate of drug-likeness (QED) is 0.864. The van der Waals surface area contributed by atoms with E-state index in [0.717, 1.165) is 17.5 Å². The summed E-state index contributed by atoms with van der Waals surface area (Å²) in [6.45, 7) is 5.89. The molecule has 0 fully saturated rings. The summed E-state index contributed by atoms with van der Waals surface area (Å²) in [5.41, 5.74) is 2.80. The van der Waals surface area contributed by atoms with Crippen LogP contribution in [0.2, 0.25) is 0 Å². The van der Waals surface area contributed by atoms with Crippen molar-refractivity contribution in [3.8, 4) is 6.07 Å². The summed E-state index contributed by atoms with van der Waals surface area (Å²) in [7, 11) is 0. The molecule has 1 amide bonds. The van der Waals surface area contributed by atoms with Crippen LogP contribution in [0.25, 0.3) is 0 Å². The summed E-state index contributed by atoms with van der Waals surface area (Å²) in [6.07, 6.45) is 1.12. The molecule has 1 aromatic carbocycles. The van der Waals surface area contributed by atoms with Crippen molar-refractivity contribution >= 4 is 5.91 Å². The van der Waals surface area contributed by atoms with Crippen molar-refractivity contribution in [3.05, 3.63) is 34.9 Å². The van der Waals surface area contributed by atoms with E-state index in [4.69, 9.17) is 5.26 Å². The molecule has 0 aromatic heterocycles. The molecule has 0 saturated heterocycles. The normalized spacial score (nSPS) is 11.6. The van der Waals surface area contributed by atoms with E-state index in [1.54, 1.807) is 0 Å². The van der Waals surface area contributed by atoms with Crippen molar-refractivity contribution in [1.29, 1.82) is 5.26 Å². The van der Waals surface area contributed by atoms with E-state index in [-0.39, 0.29) is 11.9 Å². The van der Waals surface area contributed by atoms with Gasteiger partial charge in [0.05, 0.1) is 12.5 Å². The predicted molar refractivity (Wildman–Crippen MR) is 67.7 cm³/mol. The molecule has 17 heavy (non-hydrogen) atoms. The van der Waals surface area contributed by atoms with Crippen molar-refractivity contribution in [2.24, 2.45) is 0 Å². The Morgan fingerprint density at radius 1 is 1.47 bits per heavy atom. The van der Waals surface area contributed by atoms with Crippen molar-refractivity contribution in [2.45, 2.75) is 39.7 Å². The number of benzene rings is 1. The molecule has 1 N–H and O–H groups in total. The van der Waals surface area contributed by atoms with Crippen LogP contribution in [0.3, 0.4) is 0 Å². The molecule has 0 spiro atoms. The number of hydrogen-bond acceptors (Lipinski definition) is 2. The minimum atomic E-state index is -0.0895. The third-order valence-electron chi connectivity index (χ3n) is 3.01. The smallest absolute Gasteiger partial charge is 0.251 e. The Kier molecular flexibility index (Phi) is 4.71. The van der Waals surface area contributed by atoms with Crippen molar-refractivity contribution in [1.82, 2.24) is 5.32 Å². The highest BCUT2D eigenvalue weighted by Gasteiger charge is 2.14. The maximum atomic E-state index is 12.0. The highest BCUT2D eigenvalue weighted by atomic mass is 16.1. The molecule has 1 atom stereocenters. The van der Waals surface area contributed by atoms with Crippen LogP contribution in [0.1, 0.15) is 41.3 Å². The zero-order valence-corrected chi connectivity index (χ0v) is 10.6. The summed E-state index contributed by atoms with van der Waals surface area (Å²) >= 11 is 0. The molecule has 0 heterocycles. The van der Waals surface area contributed by atoms with Crippen LogP contribution < -0.4 is 5.32 Å². The Labute approximate surface area is 102 Å². The van der Waals surface area contributed by atoms with Gasteiger partial charge in [-0.1, -0.05) is 19.1 Å². The second kappa shape index (κ2) is 6.05. The molecular formula is C14H18N2O. The second-order valence-corrected chi connectivity index (χ2v) is 4.19. The second-order valence-electron chi connectivity index (χ2n) is 4.19. The minimum absolute atomic E-state index is 0.0626. The number of nitrogens with one attached hydrogen (secondary N) is 1. The van der Waals surface area contributed by atoms with Gasteiger partial charge in [-0.15, -0.1) is 0 Å². The molecular weight excluding hydrogens is 212 g/mol. The molecule has 3 heteroatoms. The number of nitrogens with zero attached hydrogens (tertiary/aromatic N) is 1. The number of hydrogen-bond donors (Lipinski definition) is 1. The van der Waals surface area contributed by atoms with Crippen molar-refractivity contribution < 1.29 is 4.79 Å². The third-order valence-corrected chi connectivity index (χ3v) is 3.01. The summed E-state index contributed by atoms with van der Waals surface area (Å²) in [6, 6.07) is 7.70. The van der Waals surface area contributed by atoms with Crippen LogP contribution in [0.15, 0.2) is 18.2 Å². The van der Waals surface area contributed by atoms with Crippen LogP contribution in [0, 0.1) is 25.2 Å². The highest BCUT2D eigenvalue weighted by molar-refractivity contribution is 5.96. The SMILES string of the molecule is CCC(CC#N)NC(=O)c1cccc(C)c1C. The Balaban J connectivity index is 2.83. The molecule has 0 aliphatic heterocycles. The van der Waals surface area contributed by atoms with Gasteiger partial charge >= 0.3 is 0 Å². The zero-order valence-electron chi connectivity index (χ0n) is 10.6. The number of carbonyl (C=O) groups is 1. The van der Waals surface area contributed by atoms with Crippen molar-refractivity contribution in [3.63, 3.8) is 0 Å². The fraction of sp³-hybridized carbons (Fsp3) is 0.429. The number of carbonyl (C=O) groups excluding carboxylic acids is 1. The molecule has 0 bridgehead atoms. The van der Waals surface area contributed by atoms with Gasteiger partial charge in [-0.3, -0.25) is 4.79 Å².